The minimum Gasteiger partial charge on any atom is -0.337 e. The van der Waals surface area contributed by atoms with Crippen molar-refractivity contribution in [2.24, 2.45) is 0 Å². The number of amides is 1. The Hall–Kier alpha value is -1.51. The van der Waals surface area contributed by atoms with E-state index in [9.17, 15) is 17.6 Å². The van der Waals surface area contributed by atoms with Crippen LogP contribution in [0.15, 0.2) is 29.2 Å². The summed E-state index contributed by atoms with van der Waals surface area (Å²) in [6.45, 7) is 3.96. The highest BCUT2D eigenvalue weighted by atomic mass is 32.2. The summed E-state index contributed by atoms with van der Waals surface area (Å²) in [5, 5.41) is 3.18. The zero-order chi connectivity index (χ0) is 16.2. The van der Waals surface area contributed by atoms with Crippen LogP contribution in [0.3, 0.4) is 0 Å². The Kier molecular flexibility index (Phi) is 5.49. The van der Waals surface area contributed by atoms with Gasteiger partial charge in [0.1, 0.15) is 10.7 Å². The SMILES string of the molecule is C[C@H]1CNCCN1C(=O)CCNS(=O)(=O)c1ccccc1F. The second-order valence-corrected chi connectivity index (χ2v) is 6.95. The smallest absolute Gasteiger partial charge is 0.243 e. The number of carbonyl (C=O) groups excluding carboxylic acids is 1. The van der Waals surface area contributed by atoms with Crippen LogP contribution in [-0.4, -0.2) is 51.4 Å². The number of hydrogen-bond acceptors (Lipinski definition) is 4. The number of hydrogen-bond donors (Lipinski definition) is 2. The van der Waals surface area contributed by atoms with Gasteiger partial charge in [0.05, 0.1) is 0 Å². The van der Waals surface area contributed by atoms with E-state index in [1.807, 2.05) is 6.92 Å². The van der Waals surface area contributed by atoms with Crippen molar-refractivity contribution in [3.05, 3.63) is 30.1 Å². The van der Waals surface area contributed by atoms with Crippen LogP contribution < -0.4 is 10.0 Å². The van der Waals surface area contributed by atoms with Crippen molar-refractivity contribution in [3.8, 4) is 0 Å². The summed E-state index contributed by atoms with van der Waals surface area (Å²) in [6.07, 6.45) is 0.0536. The van der Waals surface area contributed by atoms with E-state index >= 15 is 0 Å². The van der Waals surface area contributed by atoms with Gasteiger partial charge in [-0.05, 0) is 19.1 Å². The summed E-state index contributed by atoms with van der Waals surface area (Å²) in [7, 11) is -3.94. The minimum absolute atomic E-state index is 0.0495. The number of carbonyl (C=O) groups is 1. The molecule has 1 aliphatic heterocycles. The second-order valence-electron chi connectivity index (χ2n) is 5.22. The molecule has 6 nitrogen and oxygen atoms in total. The molecule has 0 unspecified atom stereocenters. The molecule has 1 fully saturated rings. The van der Waals surface area contributed by atoms with Gasteiger partial charge in [-0.2, -0.15) is 0 Å². The number of rotatable bonds is 5. The van der Waals surface area contributed by atoms with Crippen LogP contribution in [0, 0.1) is 5.82 Å². The summed E-state index contributed by atoms with van der Waals surface area (Å²) in [6, 6.07) is 5.24. The van der Waals surface area contributed by atoms with Gasteiger partial charge in [0.15, 0.2) is 0 Å². The van der Waals surface area contributed by atoms with E-state index in [-0.39, 0.29) is 24.9 Å². The lowest BCUT2D eigenvalue weighted by atomic mass is 10.2. The van der Waals surface area contributed by atoms with Crippen LogP contribution in [0.1, 0.15) is 13.3 Å². The molecule has 1 amide bonds. The number of nitrogens with one attached hydrogen (secondary N) is 2. The molecule has 1 atom stereocenters. The minimum atomic E-state index is -3.94. The topological polar surface area (TPSA) is 78.5 Å². The third-order valence-electron chi connectivity index (χ3n) is 3.58. The predicted octanol–water partition coefficient (Wildman–Crippen LogP) is 0.314. The van der Waals surface area contributed by atoms with Crippen molar-refractivity contribution in [2.75, 3.05) is 26.2 Å². The highest BCUT2D eigenvalue weighted by Gasteiger charge is 2.23. The zero-order valence-corrected chi connectivity index (χ0v) is 13.2. The molecule has 0 saturated carbocycles. The van der Waals surface area contributed by atoms with E-state index in [0.717, 1.165) is 19.2 Å². The third-order valence-corrected chi connectivity index (χ3v) is 5.07. The van der Waals surface area contributed by atoms with Gasteiger partial charge >= 0.3 is 0 Å². The van der Waals surface area contributed by atoms with E-state index in [2.05, 4.69) is 10.0 Å². The maximum atomic E-state index is 13.5. The van der Waals surface area contributed by atoms with Gasteiger partial charge in [-0.15, -0.1) is 0 Å². The third kappa shape index (κ3) is 4.02. The Morgan fingerprint density at radius 2 is 2.18 bits per heavy atom. The fourth-order valence-electron chi connectivity index (χ4n) is 2.39. The molecule has 1 aliphatic rings. The van der Waals surface area contributed by atoms with E-state index < -0.39 is 20.7 Å². The van der Waals surface area contributed by atoms with Crippen LogP contribution >= 0.6 is 0 Å². The summed E-state index contributed by atoms with van der Waals surface area (Å²) >= 11 is 0. The lowest BCUT2D eigenvalue weighted by Crippen LogP contribution is -2.52. The fraction of sp³-hybridized carbons (Fsp3) is 0.500. The largest absolute Gasteiger partial charge is 0.337 e. The molecule has 2 N–H and O–H groups in total. The maximum absolute atomic E-state index is 13.5. The van der Waals surface area contributed by atoms with E-state index in [1.165, 1.54) is 18.2 Å². The van der Waals surface area contributed by atoms with Crippen LogP contribution in [0.2, 0.25) is 0 Å². The standard InChI is InChI=1S/C14H20FN3O3S/c1-11-10-16-8-9-18(11)14(19)6-7-17-22(20,21)13-5-3-2-4-12(13)15/h2-5,11,16-17H,6-10H2,1H3/t11-/m0/s1. The van der Waals surface area contributed by atoms with Gasteiger partial charge < -0.3 is 10.2 Å². The van der Waals surface area contributed by atoms with Gasteiger partial charge in [-0.25, -0.2) is 17.5 Å². The van der Waals surface area contributed by atoms with Crippen LogP contribution in [0.25, 0.3) is 0 Å². The Morgan fingerprint density at radius 3 is 2.86 bits per heavy atom. The van der Waals surface area contributed by atoms with Crippen molar-refractivity contribution < 1.29 is 17.6 Å². The molecule has 8 heteroatoms. The van der Waals surface area contributed by atoms with E-state index in [4.69, 9.17) is 0 Å². The molecule has 2 rings (SSSR count). The maximum Gasteiger partial charge on any atom is 0.243 e. The zero-order valence-electron chi connectivity index (χ0n) is 12.4. The lowest BCUT2D eigenvalue weighted by Gasteiger charge is -2.34. The molecule has 0 bridgehead atoms. The first kappa shape index (κ1) is 16.9. The highest BCUT2D eigenvalue weighted by molar-refractivity contribution is 7.89. The molecular weight excluding hydrogens is 309 g/mol. The molecule has 1 heterocycles. The number of piperazine rings is 1. The molecule has 1 aromatic rings. The monoisotopic (exact) mass is 329 g/mol. The van der Waals surface area contributed by atoms with Crippen molar-refractivity contribution in [1.29, 1.82) is 0 Å². The molecule has 1 saturated heterocycles. The average Bonchev–Trinajstić information content (AvgIpc) is 2.47. The van der Waals surface area contributed by atoms with Gasteiger partial charge in [0.25, 0.3) is 0 Å². The predicted molar refractivity (Wildman–Crippen MR) is 80.3 cm³/mol. The number of sulfonamides is 1. The first-order valence-electron chi connectivity index (χ1n) is 7.16. The normalized spacial score (nSPS) is 19.2. The summed E-state index contributed by atoms with van der Waals surface area (Å²) in [5.74, 6) is -0.915. The lowest BCUT2D eigenvalue weighted by molar-refractivity contribution is -0.133. The van der Waals surface area contributed by atoms with Gasteiger partial charge in [0.2, 0.25) is 15.9 Å². The molecule has 0 radical (unpaired) electrons. The molecule has 0 spiro atoms. The van der Waals surface area contributed by atoms with Gasteiger partial charge in [-0.3, -0.25) is 4.79 Å². The van der Waals surface area contributed by atoms with Crippen LogP contribution in [0.5, 0.6) is 0 Å². The Balaban J connectivity index is 1.90. The average molecular weight is 329 g/mol. The first-order chi connectivity index (χ1) is 10.4. The quantitative estimate of drug-likeness (QED) is 0.815. The molecule has 22 heavy (non-hydrogen) atoms. The fourth-order valence-corrected chi connectivity index (χ4v) is 3.50. The Morgan fingerprint density at radius 1 is 1.45 bits per heavy atom. The molecule has 0 aromatic heterocycles. The van der Waals surface area contributed by atoms with E-state index in [0.29, 0.717) is 6.54 Å². The molecule has 122 valence electrons. The van der Waals surface area contributed by atoms with Crippen molar-refractivity contribution in [1.82, 2.24) is 14.9 Å². The number of benzene rings is 1. The van der Waals surface area contributed by atoms with Crippen molar-refractivity contribution in [2.45, 2.75) is 24.3 Å². The summed E-state index contributed by atoms with van der Waals surface area (Å²) in [4.78, 5) is 13.4. The molecule has 0 aliphatic carbocycles. The Labute approximate surface area is 129 Å². The van der Waals surface area contributed by atoms with Crippen molar-refractivity contribution >= 4 is 15.9 Å². The van der Waals surface area contributed by atoms with Crippen LogP contribution in [0.4, 0.5) is 4.39 Å². The summed E-state index contributed by atoms with van der Waals surface area (Å²) < 4.78 is 39.8. The van der Waals surface area contributed by atoms with Gasteiger partial charge in [0, 0.05) is 38.6 Å². The van der Waals surface area contributed by atoms with E-state index in [1.54, 1.807) is 4.90 Å². The first-order valence-corrected chi connectivity index (χ1v) is 8.64. The number of halogens is 1. The molecule has 1 aromatic carbocycles. The number of nitrogens with zero attached hydrogens (tertiary/aromatic N) is 1. The highest BCUT2D eigenvalue weighted by Crippen LogP contribution is 2.13. The Bertz CT molecular complexity index is 636. The van der Waals surface area contributed by atoms with Crippen LogP contribution in [-0.2, 0) is 14.8 Å². The summed E-state index contributed by atoms with van der Waals surface area (Å²) in [5.41, 5.74) is 0. The second kappa shape index (κ2) is 7.17. The molecular formula is C14H20FN3O3S. The van der Waals surface area contributed by atoms with Crippen molar-refractivity contribution in [3.63, 3.8) is 0 Å². The van der Waals surface area contributed by atoms with Gasteiger partial charge in [-0.1, -0.05) is 12.1 Å².